The van der Waals surface area contributed by atoms with Crippen molar-refractivity contribution < 1.29 is 4.74 Å². The van der Waals surface area contributed by atoms with Crippen LogP contribution in [-0.4, -0.2) is 40.9 Å². The molecule has 2 rings (SSSR count). The van der Waals surface area contributed by atoms with Crippen LogP contribution in [0, 0.1) is 6.92 Å². The van der Waals surface area contributed by atoms with Crippen molar-refractivity contribution in [2.75, 3.05) is 26.2 Å². The van der Waals surface area contributed by atoms with Crippen LogP contribution >= 0.6 is 0 Å². The van der Waals surface area contributed by atoms with Crippen molar-refractivity contribution in [1.82, 2.24) is 14.7 Å². The third-order valence-corrected chi connectivity index (χ3v) is 4.39. The van der Waals surface area contributed by atoms with Gasteiger partial charge in [0, 0.05) is 17.8 Å². The highest BCUT2D eigenvalue weighted by Crippen LogP contribution is 2.25. The third kappa shape index (κ3) is 4.00. The van der Waals surface area contributed by atoms with Crippen LogP contribution in [-0.2, 0) is 6.42 Å². The first kappa shape index (κ1) is 16.3. The molecule has 4 heteroatoms. The molecule has 1 aromatic rings. The van der Waals surface area contributed by atoms with Gasteiger partial charge >= 0.3 is 0 Å². The number of hydrogen-bond acceptors (Lipinski definition) is 3. The molecule has 120 valence electrons. The fourth-order valence-corrected chi connectivity index (χ4v) is 3.30. The molecule has 0 saturated carbocycles. The van der Waals surface area contributed by atoms with Gasteiger partial charge in [-0.05, 0) is 53.1 Å². The summed E-state index contributed by atoms with van der Waals surface area (Å²) in [6.45, 7) is 13.0. The Morgan fingerprint density at radius 3 is 2.52 bits per heavy atom. The van der Waals surface area contributed by atoms with E-state index < -0.39 is 0 Å². The van der Waals surface area contributed by atoms with Gasteiger partial charge in [0.2, 0.25) is 5.88 Å². The molecule has 1 aliphatic heterocycles. The van der Waals surface area contributed by atoms with Crippen molar-refractivity contribution in [3.05, 3.63) is 11.3 Å². The second-order valence-corrected chi connectivity index (χ2v) is 6.21. The van der Waals surface area contributed by atoms with Gasteiger partial charge < -0.3 is 9.64 Å². The van der Waals surface area contributed by atoms with Crippen molar-refractivity contribution in [1.29, 1.82) is 0 Å². The van der Waals surface area contributed by atoms with E-state index in [1.807, 2.05) is 6.92 Å². The van der Waals surface area contributed by atoms with Crippen LogP contribution in [0.25, 0.3) is 0 Å². The van der Waals surface area contributed by atoms with E-state index in [1.165, 1.54) is 43.6 Å². The second-order valence-electron chi connectivity index (χ2n) is 6.21. The molecule has 1 atom stereocenters. The van der Waals surface area contributed by atoms with Crippen molar-refractivity contribution in [3.8, 4) is 5.88 Å². The molecule has 4 nitrogen and oxygen atoms in total. The molecule has 1 fully saturated rings. The Bertz CT molecular complexity index is 435. The van der Waals surface area contributed by atoms with Crippen LogP contribution in [0.15, 0.2) is 0 Å². The van der Waals surface area contributed by atoms with E-state index in [0.717, 1.165) is 25.3 Å². The van der Waals surface area contributed by atoms with Gasteiger partial charge in [-0.3, -0.25) is 4.68 Å². The lowest BCUT2D eigenvalue weighted by atomic mass is 10.1. The maximum atomic E-state index is 5.70. The highest BCUT2D eigenvalue weighted by atomic mass is 16.5. The van der Waals surface area contributed by atoms with Crippen LogP contribution in [0.4, 0.5) is 0 Å². The van der Waals surface area contributed by atoms with Gasteiger partial charge in [-0.1, -0.05) is 19.8 Å². The quantitative estimate of drug-likeness (QED) is 0.769. The summed E-state index contributed by atoms with van der Waals surface area (Å²) in [4.78, 5) is 2.58. The van der Waals surface area contributed by atoms with Crippen molar-refractivity contribution in [2.45, 2.75) is 65.8 Å². The topological polar surface area (TPSA) is 30.3 Å². The van der Waals surface area contributed by atoms with Gasteiger partial charge in [0.25, 0.3) is 0 Å². The minimum Gasteiger partial charge on any atom is -0.477 e. The number of aromatic nitrogens is 2. The zero-order valence-electron chi connectivity index (χ0n) is 14.2. The van der Waals surface area contributed by atoms with Crippen molar-refractivity contribution in [3.63, 3.8) is 0 Å². The summed E-state index contributed by atoms with van der Waals surface area (Å²) in [6, 6.07) is 0.414. The number of nitrogens with zero attached hydrogens (tertiary/aromatic N) is 3. The van der Waals surface area contributed by atoms with Crippen LogP contribution in [0.3, 0.4) is 0 Å². The van der Waals surface area contributed by atoms with E-state index in [-0.39, 0.29) is 0 Å². The summed E-state index contributed by atoms with van der Waals surface area (Å²) in [5.41, 5.74) is 2.58. The number of rotatable bonds is 7. The highest BCUT2D eigenvalue weighted by molar-refractivity contribution is 5.30. The van der Waals surface area contributed by atoms with Gasteiger partial charge in [-0.25, -0.2) is 0 Å². The first-order valence-corrected chi connectivity index (χ1v) is 8.60. The summed E-state index contributed by atoms with van der Waals surface area (Å²) in [5.74, 6) is 0.825. The monoisotopic (exact) mass is 293 g/mol. The minimum absolute atomic E-state index is 0.414. The third-order valence-electron chi connectivity index (χ3n) is 4.39. The van der Waals surface area contributed by atoms with E-state index in [9.17, 15) is 0 Å². The molecular weight excluding hydrogens is 262 g/mol. The summed E-state index contributed by atoms with van der Waals surface area (Å²) in [6.07, 6.45) is 6.31. The zero-order chi connectivity index (χ0) is 15.2. The highest BCUT2D eigenvalue weighted by Gasteiger charge is 2.21. The molecule has 0 aromatic carbocycles. The second kappa shape index (κ2) is 7.83. The Labute approximate surface area is 129 Å². The zero-order valence-corrected chi connectivity index (χ0v) is 14.2. The van der Waals surface area contributed by atoms with Crippen LogP contribution < -0.4 is 4.74 Å². The maximum Gasteiger partial charge on any atom is 0.235 e. The molecule has 0 radical (unpaired) electrons. The molecule has 0 aliphatic carbocycles. The molecule has 21 heavy (non-hydrogen) atoms. The Kier molecular flexibility index (Phi) is 6.09. The lowest BCUT2D eigenvalue weighted by Gasteiger charge is -2.29. The molecular formula is C17H31N3O. The average Bonchev–Trinajstić information content (AvgIpc) is 2.79. The predicted molar refractivity (Wildman–Crippen MR) is 87.1 cm³/mol. The van der Waals surface area contributed by atoms with Gasteiger partial charge in [-0.2, -0.15) is 0 Å². The standard InChI is InChI=1S/C17H31N3O/c1-5-10-16-15(4)17(21-6-2)18-20(16)14(3)13-19-11-8-7-9-12-19/h14H,5-13H2,1-4H3/t14-/m0/s1. The smallest absolute Gasteiger partial charge is 0.235 e. The fraction of sp³-hybridized carbons (Fsp3) is 0.824. The van der Waals surface area contributed by atoms with E-state index in [1.54, 1.807) is 0 Å². The van der Waals surface area contributed by atoms with Gasteiger partial charge in [0.05, 0.1) is 12.6 Å². The lowest BCUT2D eigenvalue weighted by Crippen LogP contribution is -2.35. The summed E-state index contributed by atoms with van der Waals surface area (Å²) >= 11 is 0. The van der Waals surface area contributed by atoms with Crippen LogP contribution in [0.1, 0.15) is 63.8 Å². The van der Waals surface area contributed by atoms with Gasteiger partial charge in [0.15, 0.2) is 0 Å². The Morgan fingerprint density at radius 1 is 1.19 bits per heavy atom. The SMILES string of the molecule is CCCc1c(C)c(OCC)nn1[C@@H](C)CN1CCCCC1. The summed E-state index contributed by atoms with van der Waals surface area (Å²) in [7, 11) is 0. The van der Waals surface area contributed by atoms with Crippen molar-refractivity contribution in [2.24, 2.45) is 0 Å². The molecule has 0 spiro atoms. The normalized spacial score (nSPS) is 17.9. The number of likely N-dealkylation sites (tertiary alicyclic amines) is 1. The molecule has 1 saturated heterocycles. The molecule has 2 heterocycles. The van der Waals surface area contributed by atoms with Crippen LogP contribution in [0.2, 0.25) is 0 Å². The molecule has 0 amide bonds. The van der Waals surface area contributed by atoms with Gasteiger partial charge in [-0.15, -0.1) is 5.10 Å². The Hall–Kier alpha value is -1.03. The van der Waals surface area contributed by atoms with Gasteiger partial charge in [0.1, 0.15) is 0 Å². The molecule has 0 N–H and O–H groups in total. The first-order chi connectivity index (χ1) is 10.2. The first-order valence-electron chi connectivity index (χ1n) is 8.60. The number of hydrogen-bond donors (Lipinski definition) is 0. The summed E-state index contributed by atoms with van der Waals surface area (Å²) < 4.78 is 7.92. The Balaban J connectivity index is 2.13. The van der Waals surface area contributed by atoms with E-state index in [4.69, 9.17) is 9.84 Å². The predicted octanol–water partition coefficient (Wildman–Crippen LogP) is 3.59. The van der Waals surface area contributed by atoms with E-state index in [2.05, 4.69) is 30.4 Å². The van der Waals surface area contributed by atoms with E-state index in [0.29, 0.717) is 12.6 Å². The number of piperidine rings is 1. The molecule has 1 aliphatic rings. The largest absolute Gasteiger partial charge is 0.477 e. The van der Waals surface area contributed by atoms with E-state index >= 15 is 0 Å². The van der Waals surface area contributed by atoms with Crippen molar-refractivity contribution >= 4 is 0 Å². The minimum atomic E-state index is 0.414. The maximum absolute atomic E-state index is 5.70. The molecule has 0 unspecified atom stereocenters. The Morgan fingerprint density at radius 2 is 1.90 bits per heavy atom. The lowest BCUT2D eigenvalue weighted by molar-refractivity contribution is 0.194. The molecule has 0 bridgehead atoms. The van der Waals surface area contributed by atoms with Crippen LogP contribution in [0.5, 0.6) is 5.88 Å². The number of ether oxygens (including phenoxy) is 1. The fourth-order valence-electron chi connectivity index (χ4n) is 3.30. The average molecular weight is 293 g/mol. The molecule has 1 aromatic heterocycles. The summed E-state index contributed by atoms with van der Waals surface area (Å²) in [5, 5.41) is 4.75.